The molecule has 86 valence electrons. The lowest BCUT2D eigenvalue weighted by Gasteiger charge is -2.12. The Labute approximate surface area is 97.7 Å². The van der Waals surface area contributed by atoms with Crippen LogP contribution in [0.4, 0.5) is 0 Å². The van der Waals surface area contributed by atoms with E-state index in [-0.39, 0.29) is 21.8 Å². The Morgan fingerprint density at radius 2 is 2.00 bits per heavy atom. The standard InChI is InChI=1S/C9H10BClO5/c1-15-8-6(10(13)14)4-3-5(7(8)11)9(12)16-2/h3-4,13-14H,1-2H3. The minimum atomic E-state index is -1.72. The van der Waals surface area contributed by atoms with Crippen LogP contribution >= 0.6 is 11.6 Å². The maximum atomic E-state index is 11.3. The number of esters is 1. The Hall–Kier alpha value is -1.24. The number of ether oxygens (including phenoxy) is 2. The van der Waals surface area contributed by atoms with Crippen LogP contribution in [-0.4, -0.2) is 37.4 Å². The maximum Gasteiger partial charge on any atom is 0.492 e. The molecule has 1 rings (SSSR count). The van der Waals surface area contributed by atoms with Crippen molar-refractivity contribution in [2.24, 2.45) is 0 Å². The molecule has 0 aromatic heterocycles. The number of carbonyl (C=O) groups excluding carboxylic acids is 1. The second kappa shape index (κ2) is 5.20. The topological polar surface area (TPSA) is 76.0 Å². The van der Waals surface area contributed by atoms with Gasteiger partial charge in [0.1, 0.15) is 5.75 Å². The van der Waals surface area contributed by atoms with E-state index in [1.165, 1.54) is 26.4 Å². The first-order valence-electron chi connectivity index (χ1n) is 4.33. The van der Waals surface area contributed by atoms with Gasteiger partial charge >= 0.3 is 13.1 Å². The third-order valence-electron chi connectivity index (χ3n) is 2.02. The monoisotopic (exact) mass is 244 g/mol. The Balaban J connectivity index is 3.34. The van der Waals surface area contributed by atoms with Gasteiger partial charge in [-0.15, -0.1) is 0 Å². The first-order chi connectivity index (χ1) is 7.52. The van der Waals surface area contributed by atoms with Crippen molar-refractivity contribution >= 4 is 30.2 Å². The largest absolute Gasteiger partial charge is 0.496 e. The molecule has 2 N–H and O–H groups in total. The molecular weight excluding hydrogens is 234 g/mol. The number of hydrogen-bond acceptors (Lipinski definition) is 5. The van der Waals surface area contributed by atoms with Gasteiger partial charge in [-0.25, -0.2) is 4.79 Å². The SMILES string of the molecule is COC(=O)c1ccc(B(O)O)c(OC)c1Cl. The molecule has 0 atom stereocenters. The smallest absolute Gasteiger partial charge is 0.492 e. The van der Waals surface area contributed by atoms with Crippen molar-refractivity contribution in [2.75, 3.05) is 14.2 Å². The predicted molar refractivity (Wildman–Crippen MR) is 59.2 cm³/mol. The highest BCUT2D eigenvalue weighted by molar-refractivity contribution is 6.60. The van der Waals surface area contributed by atoms with Crippen LogP contribution in [0.3, 0.4) is 0 Å². The first-order valence-corrected chi connectivity index (χ1v) is 4.71. The van der Waals surface area contributed by atoms with E-state index >= 15 is 0 Å². The van der Waals surface area contributed by atoms with Gasteiger partial charge in [0, 0.05) is 5.46 Å². The van der Waals surface area contributed by atoms with E-state index in [2.05, 4.69) is 4.74 Å². The summed E-state index contributed by atoms with van der Waals surface area (Å²) in [5.74, 6) is -0.582. The summed E-state index contributed by atoms with van der Waals surface area (Å²) in [6, 6.07) is 2.67. The third kappa shape index (κ3) is 2.29. The molecular formula is C9H10BClO5. The zero-order chi connectivity index (χ0) is 12.3. The van der Waals surface area contributed by atoms with Gasteiger partial charge in [0.25, 0.3) is 0 Å². The van der Waals surface area contributed by atoms with Crippen LogP contribution in [0.25, 0.3) is 0 Å². The quantitative estimate of drug-likeness (QED) is 0.570. The van der Waals surface area contributed by atoms with E-state index in [0.29, 0.717) is 0 Å². The Kier molecular flexibility index (Phi) is 4.17. The lowest BCUT2D eigenvalue weighted by atomic mass is 9.79. The van der Waals surface area contributed by atoms with Gasteiger partial charge in [-0.05, 0) is 6.07 Å². The Morgan fingerprint density at radius 1 is 1.38 bits per heavy atom. The van der Waals surface area contributed by atoms with Crippen molar-refractivity contribution < 1.29 is 24.3 Å². The summed E-state index contributed by atoms with van der Waals surface area (Å²) in [7, 11) is 0.813. The van der Waals surface area contributed by atoms with Crippen molar-refractivity contribution in [1.29, 1.82) is 0 Å². The third-order valence-corrected chi connectivity index (χ3v) is 2.39. The molecule has 7 heteroatoms. The zero-order valence-corrected chi connectivity index (χ0v) is 9.49. The molecule has 1 aromatic rings. The number of carbonyl (C=O) groups is 1. The fraction of sp³-hybridized carbons (Fsp3) is 0.222. The summed E-state index contributed by atoms with van der Waals surface area (Å²) in [6.45, 7) is 0. The second-order valence-electron chi connectivity index (χ2n) is 2.91. The Bertz CT molecular complexity index is 407. The summed E-state index contributed by atoms with van der Waals surface area (Å²) < 4.78 is 9.43. The van der Waals surface area contributed by atoms with Crippen LogP contribution < -0.4 is 10.2 Å². The Morgan fingerprint density at radius 3 is 2.44 bits per heavy atom. The van der Waals surface area contributed by atoms with Crippen molar-refractivity contribution in [3.63, 3.8) is 0 Å². The molecule has 5 nitrogen and oxygen atoms in total. The van der Waals surface area contributed by atoms with Gasteiger partial charge in [0.15, 0.2) is 0 Å². The number of benzene rings is 1. The fourth-order valence-electron chi connectivity index (χ4n) is 1.25. The van der Waals surface area contributed by atoms with E-state index in [9.17, 15) is 4.79 Å². The van der Waals surface area contributed by atoms with Gasteiger partial charge in [0.2, 0.25) is 0 Å². The average molecular weight is 244 g/mol. The molecule has 0 aliphatic rings. The molecule has 0 aliphatic heterocycles. The van der Waals surface area contributed by atoms with Gasteiger partial charge in [-0.3, -0.25) is 0 Å². The average Bonchev–Trinajstić information content (AvgIpc) is 2.27. The summed E-state index contributed by atoms with van der Waals surface area (Å²) in [5, 5.41) is 18.1. The van der Waals surface area contributed by atoms with Crippen molar-refractivity contribution in [3.8, 4) is 5.75 Å². The molecule has 0 bridgehead atoms. The highest BCUT2D eigenvalue weighted by Crippen LogP contribution is 2.26. The molecule has 0 amide bonds. The van der Waals surface area contributed by atoms with Gasteiger partial charge < -0.3 is 19.5 Å². The van der Waals surface area contributed by atoms with E-state index < -0.39 is 13.1 Å². The molecule has 0 aliphatic carbocycles. The van der Waals surface area contributed by atoms with E-state index in [1.54, 1.807) is 0 Å². The molecule has 1 aromatic carbocycles. The van der Waals surface area contributed by atoms with Crippen LogP contribution in [0.2, 0.25) is 5.02 Å². The minimum Gasteiger partial charge on any atom is -0.496 e. The molecule has 0 unspecified atom stereocenters. The van der Waals surface area contributed by atoms with Gasteiger partial charge in [-0.2, -0.15) is 0 Å². The second-order valence-corrected chi connectivity index (χ2v) is 3.29. The highest BCUT2D eigenvalue weighted by Gasteiger charge is 2.23. The van der Waals surface area contributed by atoms with Crippen LogP contribution in [0.1, 0.15) is 10.4 Å². The molecule has 0 heterocycles. The van der Waals surface area contributed by atoms with Crippen molar-refractivity contribution in [2.45, 2.75) is 0 Å². The van der Waals surface area contributed by atoms with Crippen LogP contribution in [-0.2, 0) is 4.74 Å². The van der Waals surface area contributed by atoms with Crippen LogP contribution in [0, 0.1) is 0 Å². The summed E-state index contributed by atoms with van der Waals surface area (Å²) in [5.41, 5.74) is 0.186. The lowest BCUT2D eigenvalue weighted by Crippen LogP contribution is -2.31. The molecule has 0 saturated carbocycles. The molecule has 0 fully saturated rings. The summed E-state index contributed by atoms with van der Waals surface area (Å²) in [4.78, 5) is 11.3. The number of rotatable bonds is 3. The lowest BCUT2D eigenvalue weighted by molar-refractivity contribution is 0.0600. The highest BCUT2D eigenvalue weighted by atomic mass is 35.5. The number of methoxy groups -OCH3 is 2. The predicted octanol–water partition coefficient (Wildman–Crippen LogP) is -0.185. The van der Waals surface area contributed by atoms with Crippen LogP contribution in [0.15, 0.2) is 12.1 Å². The van der Waals surface area contributed by atoms with Crippen molar-refractivity contribution in [3.05, 3.63) is 22.7 Å². The normalized spacial score (nSPS) is 9.81. The molecule has 16 heavy (non-hydrogen) atoms. The number of halogens is 1. The summed E-state index contributed by atoms with van der Waals surface area (Å²) in [6.07, 6.45) is 0. The van der Waals surface area contributed by atoms with Crippen LogP contribution in [0.5, 0.6) is 5.75 Å². The van der Waals surface area contributed by atoms with E-state index in [1.807, 2.05) is 0 Å². The summed E-state index contributed by atoms with van der Waals surface area (Å²) >= 11 is 5.88. The maximum absolute atomic E-state index is 11.3. The number of hydrogen-bond donors (Lipinski definition) is 2. The molecule has 0 radical (unpaired) electrons. The molecule has 0 spiro atoms. The van der Waals surface area contributed by atoms with E-state index in [4.69, 9.17) is 26.4 Å². The minimum absolute atomic E-state index is 0.0139. The molecule has 0 saturated heterocycles. The van der Waals surface area contributed by atoms with E-state index in [0.717, 1.165) is 0 Å². The van der Waals surface area contributed by atoms with Gasteiger partial charge in [-0.1, -0.05) is 17.7 Å². The van der Waals surface area contributed by atoms with Crippen molar-refractivity contribution in [1.82, 2.24) is 0 Å². The van der Waals surface area contributed by atoms with Gasteiger partial charge in [0.05, 0.1) is 24.8 Å². The fourth-order valence-corrected chi connectivity index (χ4v) is 1.58. The zero-order valence-electron chi connectivity index (χ0n) is 8.73. The first kappa shape index (κ1) is 12.8.